The van der Waals surface area contributed by atoms with Gasteiger partial charge >= 0.3 is 0 Å². The molecule has 0 spiro atoms. The van der Waals surface area contributed by atoms with E-state index in [2.05, 4.69) is 29.4 Å². The van der Waals surface area contributed by atoms with Crippen molar-refractivity contribution in [3.05, 3.63) is 17.0 Å². The zero-order valence-electron chi connectivity index (χ0n) is 11.0. The van der Waals surface area contributed by atoms with Crippen LogP contribution in [0.25, 0.3) is 0 Å². The van der Waals surface area contributed by atoms with Gasteiger partial charge in [0.2, 0.25) is 0 Å². The van der Waals surface area contributed by atoms with Gasteiger partial charge in [-0.15, -0.1) is 0 Å². The Labute approximate surface area is 102 Å². The van der Waals surface area contributed by atoms with E-state index in [-0.39, 0.29) is 5.91 Å². The average molecular weight is 239 g/mol. The molecule has 0 saturated heterocycles. The molecule has 1 amide bonds. The maximum absolute atomic E-state index is 11.8. The topological polar surface area (TPSA) is 67.0 Å². The van der Waals surface area contributed by atoms with Gasteiger partial charge in [0.05, 0.1) is 17.9 Å². The first-order valence-electron chi connectivity index (χ1n) is 5.90. The minimum absolute atomic E-state index is 0.0955. The van der Waals surface area contributed by atoms with Crippen molar-refractivity contribution in [3.63, 3.8) is 0 Å². The van der Waals surface area contributed by atoms with Crippen LogP contribution in [0.3, 0.4) is 0 Å². The van der Waals surface area contributed by atoms with Gasteiger partial charge in [-0.25, -0.2) is 0 Å². The fourth-order valence-electron chi connectivity index (χ4n) is 1.53. The van der Waals surface area contributed by atoms with Gasteiger partial charge in [0.25, 0.3) is 5.91 Å². The number of carbonyl (C=O) groups excluding carboxylic acids is 1. The molecule has 0 aliphatic carbocycles. The molecule has 0 aliphatic rings. The summed E-state index contributed by atoms with van der Waals surface area (Å²) in [4.78, 5) is 11.8. The first-order chi connectivity index (χ1) is 8.02. The summed E-state index contributed by atoms with van der Waals surface area (Å²) in [6, 6.07) is 0. The number of hydrogen-bond acceptors (Lipinski definition) is 3. The number of carbonyl (C=O) groups is 1. The number of rotatable bonds is 6. The monoisotopic (exact) mass is 239 g/mol. The summed E-state index contributed by atoms with van der Waals surface area (Å²) in [5.41, 5.74) is 2.15. The molecule has 0 aromatic carbocycles. The van der Waals surface area contributed by atoms with Crippen LogP contribution in [-0.4, -0.2) is 35.9 Å². The molecule has 0 saturated carbocycles. The molecule has 0 aliphatic heterocycles. The third-order valence-electron chi connectivity index (χ3n) is 2.34. The number of H-pyrrole nitrogens is 1. The number of nitrogens with one attached hydrogen (secondary N) is 2. The van der Waals surface area contributed by atoms with Gasteiger partial charge in [0.1, 0.15) is 0 Å². The van der Waals surface area contributed by atoms with Gasteiger partial charge in [0, 0.05) is 18.8 Å². The van der Waals surface area contributed by atoms with Crippen molar-refractivity contribution in [2.45, 2.75) is 27.7 Å². The highest BCUT2D eigenvalue weighted by atomic mass is 16.5. The van der Waals surface area contributed by atoms with Crippen LogP contribution >= 0.6 is 0 Å². The van der Waals surface area contributed by atoms with Crippen LogP contribution in [0, 0.1) is 19.8 Å². The van der Waals surface area contributed by atoms with Gasteiger partial charge in [-0.3, -0.25) is 9.89 Å². The molecular weight excluding hydrogens is 218 g/mol. The molecule has 0 radical (unpaired) electrons. The minimum Gasteiger partial charge on any atom is -0.379 e. The molecule has 1 aromatic heterocycles. The maximum Gasteiger partial charge on any atom is 0.255 e. The van der Waals surface area contributed by atoms with Crippen LogP contribution in [0.4, 0.5) is 0 Å². The summed E-state index contributed by atoms with van der Waals surface area (Å²) >= 11 is 0. The predicted molar refractivity (Wildman–Crippen MR) is 66.1 cm³/mol. The first kappa shape index (κ1) is 13.7. The summed E-state index contributed by atoms with van der Waals surface area (Å²) in [6.45, 7) is 9.63. The van der Waals surface area contributed by atoms with E-state index in [4.69, 9.17) is 4.74 Å². The zero-order chi connectivity index (χ0) is 12.8. The summed E-state index contributed by atoms with van der Waals surface area (Å²) in [6.07, 6.45) is 0. The second-order valence-corrected chi connectivity index (χ2v) is 4.53. The van der Waals surface area contributed by atoms with Crippen LogP contribution in [-0.2, 0) is 4.74 Å². The summed E-state index contributed by atoms with van der Waals surface area (Å²) in [5.74, 6) is 0.422. The highest BCUT2D eigenvalue weighted by molar-refractivity contribution is 5.96. The maximum atomic E-state index is 11.8. The number of ether oxygens (including phenoxy) is 1. The van der Waals surface area contributed by atoms with E-state index >= 15 is 0 Å². The van der Waals surface area contributed by atoms with Crippen molar-refractivity contribution < 1.29 is 9.53 Å². The lowest BCUT2D eigenvalue weighted by Crippen LogP contribution is -2.28. The molecule has 1 rings (SSSR count). The molecule has 5 nitrogen and oxygen atoms in total. The lowest BCUT2D eigenvalue weighted by molar-refractivity contribution is 0.0885. The number of aryl methyl sites for hydroxylation is 2. The highest BCUT2D eigenvalue weighted by Gasteiger charge is 2.14. The van der Waals surface area contributed by atoms with E-state index in [0.717, 1.165) is 18.0 Å². The summed E-state index contributed by atoms with van der Waals surface area (Å²) in [5, 5.41) is 9.60. The number of nitrogens with zero attached hydrogens (tertiary/aromatic N) is 1. The molecule has 5 heteroatoms. The number of aromatic amines is 1. The quantitative estimate of drug-likeness (QED) is 0.738. The molecular formula is C12H21N3O2. The van der Waals surface area contributed by atoms with Crippen molar-refractivity contribution in [2.24, 2.45) is 5.92 Å². The molecule has 0 unspecified atom stereocenters. The second-order valence-electron chi connectivity index (χ2n) is 4.53. The van der Waals surface area contributed by atoms with Crippen LogP contribution in [0.2, 0.25) is 0 Å². The van der Waals surface area contributed by atoms with E-state index in [1.807, 2.05) is 13.8 Å². The molecule has 2 N–H and O–H groups in total. The number of hydrogen-bond donors (Lipinski definition) is 2. The third kappa shape index (κ3) is 4.19. The molecule has 0 bridgehead atoms. The molecule has 0 fully saturated rings. The molecule has 96 valence electrons. The third-order valence-corrected chi connectivity index (χ3v) is 2.34. The molecule has 1 aromatic rings. The first-order valence-corrected chi connectivity index (χ1v) is 5.90. The minimum atomic E-state index is -0.0955. The molecule has 1 heterocycles. The van der Waals surface area contributed by atoms with E-state index in [0.29, 0.717) is 24.6 Å². The Morgan fingerprint density at radius 2 is 2.18 bits per heavy atom. The highest BCUT2D eigenvalue weighted by Crippen LogP contribution is 2.08. The second kappa shape index (κ2) is 6.39. The fraction of sp³-hybridized carbons (Fsp3) is 0.667. The van der Waals surface area contributed by atoms with Gasteiger partial charge in [-0.1, -0.05) is 13.8 Å². The summed E-state index contributed by atoms with van der Waals surface area (Å²) < 4.78 is 5.39. The number of aromatic nitrogens is 2. The Bertz CT molecular complexity index is 352. The van der Waals surface area contributed by atoms with Crippen LogP contribution < -0.4 is 5.32 Å². The van der Waals surface area contributed by atoms with Crippen molar-refractivity contribution >= 4 is 5.91 Å². The SMILES string of the molecule is Cc1n[nH]c(C)c1C(=O)NCCOCC(C)C. The average Bonchev–Trinajstić information content (AvgIpc) is 2.57. The van der Waals surface area contributed by atoms with Crippen molar-refractivity contribution in [3.8, 4) is 0 Å². The van der Waals surface area contributed by atoms with Gasteiger partial charge in [-0.05, 0) is 19.8 Å². The Hall–Kier alpha value is -1.36. The van der Waals surface area contributed by atoms with Crippen molar-refractivity contribution in [2.75, 3.05) is 19.8 Å². The lowest BCUT2D eigenvalue weighted by Gasteiger charge is -2.08. The van der Waals surface area contributed by atoms with E-state index in [9.17, 15) is 4.79 Å². The summed E-state index contributed by atoms with van der Waals surface area (Å²) in [7, 11) is 0. The smallest absolute Gasteiger partial charge is 0.255 e. The largest absolute Gasteiger partial charge is 0.379 e. The Kier molecular flexibility index (Phi) is 5.15. The van der Waals surface area contributed by atoms with Crippen LogP contribution in [0.15, 0.2) is 0 Å². The van der Waals surface area contributed by atoms with Crippen LogP contribution in [0.1, 0.15) is 35.6 Å². The number of amides is 1. The van der Waals surface area contributed by atoms with Crippen LogP contribution in [0.5, 0.6) is 0 Å². The van der Waals surface area contributed by atoms with E-state index in [1.54, 1.807) is 0 Å². The van der Waals surface area contributed by atoms with Gasteiger partial charge in [0.15, 0.2) is 0 Å². The zero-order valence-corrected chi connectivity index (χ0v) is 11.0. The van der Waals surface area contributed by atoms with E-state index < -0.39 is 0 Å². The van der Waals surface area contributed by atoms with E-state index in [1.165, 1.54) is 0 Å². The standard InChI is InChI=1S/C12H21N3O2/c1-8(2)7-17-6-5-13-12(16)11-9(3)14-15-10(11)4/h8H,5-7H2,1-4H3,(H,13,16)(H,14,15). The molecule has 0 atom stereocenters. The lowest BCUT2D eigenvalue weighted by atomic mass is 10.2. The normalized spacial score (nSPS) is 10.9. The Morgan fingerprint density at radius 1 is 1.47 bits per heavy atom. The predicted octanol–water partition coefficient (Wildman–Crippen LogP) is 1.43. The Morgan fingerprint density at radius 3 is 2.71 bits per heavy atom. The molecule has 17 heavy (non-hydrogen) atoms. The fourth-order valence-corrected chi connectivity index (χ4v) is 1.53. The van der Waals surface area contributed by atoms with Gasteiger partial charge in [-0.2, -0.15) is 5.10 Å². The Balaban J connectivity index is 2.31. The van der Waals surface area contributed by atoms with Gasteiger partial charge < -0.3 is 10.1 Å². The van der Waals surface area contributed by atoms with Crippen molar-refractivity contribution in [1.29, 1.82) is 0 Å². The van der Waals surface area contributed by atoms with Crippen molar-refractivity contribution in [1.82, 2.24) is 15.5 Å².